The summed E-state index contributed by atoms with van der Waals surface area (Å²) in [5, 5.41) is 10.1. The monoisotopic (exact) mass is 273 g/mol. The smallest absolute Gasteiger partial charge is 0.250 e. The molecule has 0 fully saturated rings. The van der Waals surface area contributed by atoms with Crippen LogP contribution in [0.2, 0.25) is 5.02 Å². The van der Waals surface area contributed by atoms with Gasteiger partial charge in [0.15, 0.2) is 0 Å². The number of nitrogens with one attached hydrogen (secondary N) is 1. The van der Waals surface area contributed by atoms with Crippen LogP contribution in [0.4, 0.5) is 8.78 Å². The summed E-state index contributed by atoms with van der Waals surface area (Å²) >= 11 is 5.46. The molecule has 2 aromatic rings. The Morgan fingerprint density at radius 3 is 2.78 bits per heavy atom. The SMILES string of the molecule is CCNCc1nnc(-c2cc(F)c(Cl)cc2F)o1. The quantitative estimate of drug-likeness (QED) is 0.871. The number of halogens is 3. The third-order valence-electron chi connectivity index (χ3n) is 2.23. The van der Waals surface area contributed by atoms with Crippen molar-refractivity contribution >= 4 is 11.6 Å². The molecule has 0 aliphatic heterocycles. The van der Waals surface area contributed by atoms with Crippen molar-refractivity contribution in [3.05, 3.63) is 34.7 Å². The molecule has 0 amide bonds. The summed E-state index contributed by atoms with van der Waals surface area (Å²) < 4.78 is 32.0. The molecule has 0 saturated heterocycles. The largest absolute Gasteiger partial charge is 0.419 e. The van der Waals surface area contributed by atoms with Crippen LogP contribution in [-0.4, -0.2) is 16.7 Å². The standard InChI is InChI=1S/C11H10ClF2N3O/c1-2-15-5-10-16-17-11(18-10)6-3-9(14)7(12)4-8(6)13/h3-4,15H,2,5H2,1H3. The van der Waals surface area contributed by atoms with Crippen molar-refractivity contribution in [1.29, 1.82) is 0 Å². The maximum absolute atomic E-state index is 13.6. The number of hydrogen-bond donors (Lipinski definition) is 1. The molecule has 1 aromatic carbocycles. The van der Waals surface area contributed by atoms with E-state index in [9.17, 15) is 8.78 Å². The molecule has 1 aromatic heterocycles. The van der Waals surface area contributed by atoms with E-state index >= 15 is 0 Å². The normalized spacial score (nSPS) is 10.9. The second kappa shape index (κ2) is 5.41. The molecule has 96 valence electrons. The summed E-state index contributed by atoms with van der Waals surface area (Å²) in [6, 6.07) is 1.81. The summed E-state index contributed by atoms with van der Waals surface area (Å²) in [4.78, 5) is 0. The van der Waals surface area contributed by atoms with Gasteiger partial charge in [0.25, 0.3) is 5.89 Å². The van der Waals surface area contributed by atoms with Crippen LogP contribution in [0.5, 0.6) is 0 Å². The molecule has 0 bridgehead atoms. The molecule has 1 N–H and O–H groups in total. The Bertz CT molecular complexity index is 559. The average molecular weight is 274 g/mol. The van der Waals surface area contributed by atoms with Gasteiger partial charge in [-0.2, -0.15) is 0 Å². The predicted octanol–water partition coefficient (Wildman–Crippen LogP) is 2.78. The lowest BCUT2D eigenvalue weighted by Crippen LogP contribution is -2.11. The third-order valence-corrected chi connectivity index (χ3v) is 2.52. The van der Waals surface area contributed by atoms with Gasteiger partial charge in [-0.25, -0.2) is 8.78 Å². The van der Waals surface area contributed by atoms with Gasteiger partial charge in [0.1, 0.15) is 11.6 Å². The van der Waals surface area contributed by atoms with Crippen LogP contribution in [0.1, 0.15) is 12.8 Å². The van der Waals surface area contributed by atoms with Crippen LogP contribution < -0.4 is 5.32 Å². The topological polar surface area (TPSA) is 51.0 Å². The van der Waals surface area contributed by atoms with E-state index in [1.54, 1.807) is 0 Å². The second-order valence-electron chi connectivity index (χ2n) is 3.53. The predicted molar refractivity (Wildman–Crippen MR) is 62.0 cm³/mol. The van der Waals surface area contributed by atoms with Crippen LogP contribution in [0.25, 0.3) is 11.5 Å². The number of nitrogens with zero attached hydrogens (tertiary/aromatic N) is 2. The first kappa shape index (κ1) is 12.9. The highest BCUT2D eigenvalue weighted by Gasteiger charge is 2.16. The van der Waals surface area contributed by atoms with Gasteiger partial charge in [-0.15, -0.1) is 10.2 Å². The van der Waals surface area contributed by atoms with E-state index in [0.717, 1.165) is 18.7 Å². The van der Waals surface area contributed by atoms with Crippen molar-refractivity contribution in [2.24, 2.45) is 0 Å². The van der Waals surface area contributed by atoms with Crippen LogP contribution in [-0.2, 0) is 6.54 Å². The minimum atomic E-state index is -0.737. The fourth-order valence-electron chi connectivity index (χ4n) is 1.35. The van der Waals surface area contributed by atoms with Crippen molar-refractivity contribution < 1.29 is 13.2 Å². The van der Waals surface area contributed by atoms with Crippen molar-refractivity contribution in [3.8, 4) is 11.5 Å². The van der Waals surface area contributed by atoms with E-state index in [1.165, 1.54) is 0 Å². The molecule has 1 heterocycles. The Hall–Kier alpha value is -1.53. The molecule has 2 rings (SSSR count). The zero-order valence-corrected chi connectivity index (χ0v) is 10.3. The number of rotatable bonds is 4. The lowest BCUT2D eigenvalue weighted by atomic mass is 10.2. The zero-order valence-electron chi connectivity index (χ0n) is 9.51. The molecular formula is C11H10ClF2N3O. The van der Waals surface area contributed by atoms with E-state index < -0.39 is 11.6 Å². The van der Waals surface area contributed by atoms with Crippen molar-refractivity contribution in [1.82, 2.24) is 15.5 Å². The van der Waals surface area contributed by atoms with Crippen LogP contribution in [0.3, 0.4) is 0 Å². The Morgan fingerprint density at radius 2 is 2.06 bits per heavy atom. The van der Waals surface area contributed by atoms with Gasteiger partial charge in [0.05, 0.1) is 17.1 Å². The second-order valence-corrected chi connectivity index (χ2v) is 3.93. The Morgan fingerprint density at radius 1 is 1.28 bits per heavy atom. The minimum absolute atomic E-state index is 0.0732. The van der Waals surface area contributed by atoms with Gasteiger partial charge in [0, 0.05) is 0 Å². The van der Waals surface area contributed by atoms with E-state index in [2.05, 4.69) is 15.5 Å². The van der Waals surface area contributed by atoms with Gasteiger partial charge in [-0.3, -0.25) is 0 Å². The van der Waals surface area contributed by atoms with Crippen molar-refractivity contribution in [3.63, 3.8) is 0 Å². The van der Waals surface area contributed by atoms with Gasteiger partial charge in [0.2, 0.25) is 5.89 Å². The number of aromatic nitrogens is 2. The summed E-state index contributed by atoms with van der Waals surface area (Å²) in [7, 11) is 0. The van der Waals surface area contributed by atoms with E-state index in [-0.39, 0.29) is 16.5 Å². The van der Waals surface area contributed by atoms with Gasteiger partial charge < -0.3 is 9.73 Å². The summed E-state index contributed by atoms with van der Waals surface area (Å²) in [5.41, 5.74) is -0.104. The zero-order chi connectivity index (χ0) is 13.1. The molecule has 7 heteroatoms. The summed E-state index contributed by atoms with van der Waals surface area (Å²) in [6.07, 6.45) is 0. The molecule has 0 saturated carbocycles. The molecule has 0 aliphatic rings. The lowest BCUT2D eigenvalue weighted by molar-refractivity contribution is 0.478. The van der Waals surface area contributed by atoms with Crippen molar-refractivity contribution in [2.75, 3.05) is 6.54 Å². The summed E-state index contributed by atoms with van der Waals surface area (Å²) in [5.74, 6) is -1.21. The maximum atomic E-state index is 13.6. The average Bonchev–Trinajstić information content (AvgIpc) is 2.79. The van der Waals surface area contributed by atoms with Gasteiger partial charge in [-0.05, 0) is 18.7 Å². The molecule has 0 atom stereocenters. The molecule has 4 nitrogen and oxygen atoms in total. The van der Waals surface area contributed by atoms with E-state index in [4.69, 9.17) is 16.0 Å². The van der Waals surface area contributed by atoms with Crippen molar-refractivity contribution in [2.45, 2.75) is 13.5 Å². The third kappa shape index (κ3) is 2.65. The fourth-order valence-corrected chi connectivity index (χ4v) is 1.50. The number of hydrogen-bond acceptors (Lipinski definition) is 4. The van der Waals surface area contributed by atoms with Gasteiger partial charge >= 0.3 is 0 Å². The molecule has 0 spiro atoms. The first-order valence-corrected chi connectivity index (χ1v) is 5.67. The number of benzene rings is 1. The van der Waals surface area contributed by atoms with E-state index in [0.29, 0.717) is 12.4 Å². The molecular weight excluding hydrogens is 264 g/mol. The minimum Gasteiger partial charge on any atom is -0.419 e. The maximum Gasteiger partial charge on any atom is 0.250 e. The van der Waals surface area contributed by atoms with E-state index in [1.807, 2.05) is 6.92 Å². The highest BCUT2D eigenvalue weighted by Crippen LogP contribution is 2.26. The highest BCUT2D eigenvalue weighted by atomic mass is 35.5. The molecule has 18 heavy (non-hydrogen) atoms. The van der Waals surface area contributed by atoms with Crippen LogP contribution >= 0.6 is 11.6 Å². The lowest BCUT2D eigenvalue weighted by Gasteiger charge is -2.00. The Kier molecular flexibility index (Phi) is 3.88. The Labute approximate surface area is 107 Å². The fraction of sp³-hybridized carbons (Fsp3) is 0.273. The first-order valence-electron chi connectivity index (χ1n) is 5.29. The first-order chi connectivity index (χ1) is 8.61. The highest BCUT2D eigenvalue weighted by molar-refractivity contribution is 6.30. The molecule has 0 unspecified atom stereocenters. The Balaban J connectivity index is 2.31. The molecule has 0 aliphatic carbocycles. The van der Waals surface area contributed by atoms with Gasteiger partial charge in [-0.1, -0.05) is 18.5 Å². The van der Waals surface area contributed by atoms with Crippen LogP contribution in [0.15, 0.2) is 16.5 Å². The summed E-state index contributed by atoms with van der Waals surface area (Å²) in [6.45, 7) is 3.04. The molecule has 0 radical (unpaired) electrons. The van der Waals surface area contributed by atoms with Crippen LogP contribution in [0, 0.1) is 11.6 Å².